The number of nitro benzene ring substituents is 2. The van der Waals surface area contributed by atoms with Crippen molar-refractivity contribution in [1.82, 2.24) is 5.32 Å². The van der Waals surface area contributed by atoms with Crippen molar-refractivity contribution >= 4 is 23.1 Å². The Morgan fingerprint density at radius 1 is 1.04 bits per heavy atom. The van der Waals surface area contributed by atoms with Crippen molar-refractivity contribution in [3.05, 3.63) is 74.3 Å². The van der Waals surface area contributed by atoms with Crippen LogP contribution in [0.4, 0.5) is 21.9 Å². The van der Waals surface area contributed by atoms with Crippen LogP contribution in [0, 0.1) is 20.2 Å². The molecule has 0 heterocycles. The van der Waals surface area contributed by atoms with Crippen LogP contribution in [0.3, 0.4) is 0 Å². The molecule has 2 aromatic rings. The zero-order chi connectivity index (χ0) is 18.4. The van der Waals surface area contributed by atoms with Crippen molar-refractivity contribution in [2.75, 3.05) is 11.9 Å². The summed E-state index contributed by atoms with van der Waals surface area (Å²) in [5, 5.41) is 36.1. The van der Waals surface area contributed by atoms with E-state index in [4.69, 9.17) is 0 Å². The first-order valence-corrected chi connectivity index (χ1v) is 7.09. The van der Waals surface area contributed by atoms with Gasteiger partial charge in [0.2, 0.25) is 0 Å². The van der Waals surface area contributed by atoms with Crippen LogP contribution in [0.15, 0.2) is 48.5 Å². The fourth-order valence-corrected chi connectivity index (χ4v) is 2.03. The molecule has 0 radical (unpaired) electrons. The lowest BCUT2D eigenvalue weighted by atomic mass is 10.1. The van der Waals surface area contributed by atoms with E-state index in [1.807, 2.05) is 0 Å². The van der Waals surface area contributed by atoms with Gasteiger partial charge < -0.3 is 15.7 Å². The number of hydrogen-bond donors (Lipinski definition) is 3. The Morgan fingerprint density at radius 3 is 2.28 bits per heavy atom. The van der Waals surface area contributed by atoms with E-state index in [1.165, 1.54) is 48.5 Å². The van der Waals surface area contributed by atoms with E-state index in [1.54, 1.807) is 0 Å². The van der Waals surface area contributed by atoms with Crippen LogP contribution in [-0.2, 0) is 0 Å². The third kappa shape index (κ3) is 4.72. The molecular weight excluding hydrogens is 332 g/mol. The molecule has 0 spiro atoms. The van der Waals surface area contributed by atoms with E-state index in [2.05, 4.69) is 10.6 Å². The van der Waals surface area contributed by atoms with Gasteiger partial charge in [0.15, 0.2) is 0 Å². The van der Waals surface area contributed by atoms with Crippen molar-refractivity contribution in [1.29, 1.82) is 0 Å². The highest BCUT2D eigenvalue weighted by molar-refractivity contribution is 5.91. The molecule has 0 aliphatic carbocycles. The number of nitrogens with one attached hydrogen (secondary N) is 2. The molecular formula is C15H14N4O6. The van der Waals surface area contributed by atoms with E-state index < -0.39 is 22.0 Å². The van der Waals surface area contributed by atoms with E-state index in [0.29, 0.717) is 5.56 Å². The second-order valence-corrected chi connectivity index (χ2v) is 4.97. The maximum atomic E-state index is 11.8. The van der Waals surface area contributed by atoms with Gasteiger partial charge in [-0.2, -0.15) is 0 Å². The fraction of sp³-hybridized carbons (Fsp3) is 0.133. The van der Waals surface area contributed by atoms with Crippen LogP contribution in [-0.4, -0.2) is 27.5 Å². The first kappa shape index (κ1) is 17.8. The summed E-state index contributed by atoms with van der Waals surface area (Å²) >= 11 is 0. The van der Waals surface area contributed by atoms with Gasteiger partial charge >= 0.3 is 6.03 Å². The summed E-state index contributed by atoms with van der Waals surface area (Å²) in [5.41, 5.74) is 0.0398. The smallest absolute Gasteiger partial charge is 0.319 e. The van der Waals surface area contributed by atoms with Crippen molar-refractivity contribution in [3.63, 3.8) is 0 Å². The van der Waals surface area contributed by atoms with Gasteiger partial charge in [-0.3, -0.25) is 20.2 Å². The monoisotopic (exact) mass is 346 g/mol. The zero-order valence-electron chi connectivity index (χ0n) is 12.8. The number of carbonyl (C=O) groups excluding carboxylic acids is 1. The highest BCUT2D eigenvalue weighted by Crippen LogP contribution is 2.23. The molecule has 1 atom stereocenters. The number of hydrogen-bond acceptors (Lipinski definition) is 6. The van der Waals surface area contributed by atoms with Crippen molar-refractivity contribution in [3.8, 4) is 0 Å². The third-order valence-corrected chi connectivity index (χ3v) is 3.29. The van der Waals surface area contributed by atoms with Gasteiger partial charge in [-0.15, -0.1) is 0 Å². The number of benzene rings is 2. The Kier molecular flexibility index (Phi) is 5.58. The summed E-state index contributed by atoms with van der Waals surface area (Å²) in [7, 11) is 0. The Bertz CT molecular complexity index is 793. The normalized spacial score (nSPS) is 11.4. The van der Waals surface area contributed by atoms with Gasteiger partial charge in [-0.05, 0) is 23.8 Å². The number of aliphatic hydroxyl groups excluding tert-OH is 1. The molecule has 25 heavy (non-hydrogen) atoms. The summed E-state index contributed by atoms with van der Waals surface area (Å²) in [5.74, 6) is 0. The summed E-state index contributed by atoms with van der Waals surface area (Å²) in [6, 6.07) is 10.2. The maximum absolute atomic E-state index is 11.8. The lowest BCUT2D eigenvalue weighted by Gasteiger charge is -2.13. The lowest BCUT2D eigenvalue weighted by molar-refractivity contribution is -0.384. The van der Waals surface area contributed by atoms with Gasteiger partial charge in [0.25, 0.3) is 11.4 Å². The molecule has 0 saturated heterocycles. The third-order valence-electron chi connectivity index (χ3n) is 3.29. The van der Waals surface area contributed by atoms with Gasteiger partial charge in [-0.1, -0.05) is 12.1 Å². The molecule has 0 aliphatic rings. The number of urea groups is 1. The number of non-ortho nitro benzene ring substituents is 1. The maximum Gasteiger partial charge on any atom is 0.319 e. The average molecular weight is 346 g/mol. The highest BCUT2D eigenvalue weighted by atomic mass is 16.6. The van der Waals surface area contributed by atoms with Crippen molar-refractivity contribution in [2.45, 2.75) is 6.10 Å². The Labute approximate surface area is 141 Å². The standard InChI is InChI=1S/C15H14N4O6/c20-14(10-5-7-11(8-6-10)18(22)23)9-16-15(21)17-12-3-1-2-4-13(12)19(24)25/h1-8,14,20H,9H2,(H2,16,17,21). The molecule has 0 bridgehead atoms. The molecule has 1 unspecified atom stereocenters. The summed E-state index contributed by atoms with van der Waals surface area (Å²) < 4.78 is 0. The minimum absolute atomic E-state index is 0.0230. The molecule has 3 N–H and O–H groups in total. The SMILES string of the molecule is O=C(NCC(O)c1ccc([N+](=O)[O-])cc1)Nc1ccccc1[N+](=O)[O-]. The zero-order valence-corrected chi connectivity index (χ0v) is 12.8. The summed E-state index contributed by atoms with van der Waals surface area (Å²) in [6.07, 6.45) is -1.09. The van der Waals surface area contributed by atoms with E-state index in [-0.39, 0.29) is 23.6 Å². The van der Waals surface area contributed by atoms with Crippen LogP contribution in [0.1, 0.15) is 11.7 Å². The quantitative estimate of drug-likeness (QED) is 0.540. The van der Waals surface area contributed by atoms with E-state index in [0.717, 1.165) is 0 Å². The van der Waals surface area contributed by atoms with Gasteiger partial charge in [0.1, 0.15) is 5.69 Å². The lowest BCUT2D eigenvalue weighted by Crippen LogP contribution is -2.32. The molecule has 130 valence electrons. The molecule has 2 rings (SSSR count). The summed E-state index contributed by atoms with van der Waals surface area (Å²) in [6.45, 7) is -0.176. The first-order valence-electron chi connectivity index (χ1n) is 7.09. The molecule has 10 nitrogen and oxygen atoms in total. The Balaban J connectivity index is 1.93. The van der Waals surface area contributed by atoms with E-state index in [9.17, 15) is 30.1 Å². The van der Waals surface area contributed by atoms with Crippen LogP contribution in [0.5, 0.6) is 0 Å². The Morgan fingerprint density at radius 2 is 1.68 bits per heavy atom. The second-order valence-electron chi connectivity index (χ2n) is 4.97. The molecule has 2 amide bonds. The Hall–Kier alpha value is -3.53. The number of amides is 2. The number of nitrogens with zero attached hydrogens (tertiary/aromatic N) is 2. The van der Waals surface area contributed by atoms with Crippen LogP contribution < -0.4 is 10.6 Å². The minimum Gasteiger partial charge on any atom is -0.387 e. The number of para-hydroxylation sites is 2. The van der Waals surface area contributed by atoms with Gasteiger partial charge in [-0.25, -0.2) is 4.79 Å². The number of anilines is 1. The predicted molar refractivity (Wildman–Crippen MR) is 88.2 cm³/mol. The number of rotatable bonds is 6. The molecule has 0 aliphatic heterocycles. The number of aliphatic hydroxyl groups is 1. The van der Waals surface area contributed by atoms with Crippen molar-refractivity contribution in [2.24, 2.45) is 0 Å². The number of carbonyl (C=O) groups is 1. The molecule has 0 fully saturated rings. The minimum atomic E-state index is -1.09. The second kappa shape index (κ2) is 7.84. The average Bonchev–Trinajstić information content (AvgIpc) is 2.60. The largest absolute Gasteiger partial charge is 0.387 e. The summed E-state index contributed by atoms with van der Waals surface area (Å²) in [4.78, 5) is 32.1. The van der Waals surface area contributed by atoms with Crippen molar-refractivity contribution < 1.29 is 19.7 Å². The first-order chi connectivity index (χ1) is 11.9. The predicted octanol–water partition coefficient (Wildman–Crippen LogP) is 2.36. The highest BCUT2D eigenvalue weighted by Gasteiger charge is 2.16. The van der Waals surface area contributed by atoms with Crippen LogP contribution in [0.2, 0.25) is 0 Å². The van der Waals surface area contributed by atoms with E-state index >= 15 is 0 Å². The van der Waals surface area contributed by atoms with Gasteiger partial charge in [0.05, 0.1) is 16.0 Å². The molecule has 0 aromatic heterocycles. The number of nitro groups is 2. The molecule has 10 heteroatoms. The fourth-order valence-electron chi connectivity index (χ4n) is 2.03. The molecule has 0 saturated carbocycles. The topological polar surface area (TPSA) is 148 Å². The van der Waals surface area contributed by atoms with Crippen LogP contribution in [0.25, 0.3) is 0 Å². The van der Waals surface area contributed by atoms with Crippen LogP contribution >= 0.6 is 0 Å². The molecule has 2 aromatic carbocycles. The van der Waals surface area contributed by atoms with Gasteiger partial charge in [0, 0.05) is 24.7 Å².